The van der Waals surface area contributed by atoms with Crippen molar-refractivity contribution in [2.24, 2.45) is 0 Å². The number of benzene rings is 2. The van der Waals surface area contributed by atoms with E-state index in [2.05, 4.69) is 62.1 Å². The number of fused-ring (bicyclic) bond motifs is 2. The number of halogens is 3. The van der Waals surface area contributed by atoms with Gasteiger partial charge in [0.2, 0.25) is 11.8 Å². The molecular formula is C45H45Cl3K2N12O5S2. The summed E-state index contributed by atoms with van der Waals surface area (Å²) in [6.45, 7) is 10.0. The number of nitrogens with zero attached hydrogens (tertiary/aromatic N) is 11. The van der Waals surface area contributed by atoms with Crippen molar-refractivity contribution in [2.75, 3.05) is 68.0 Å². The van der Waals surface area contributed by atoms with Gasteiger partial charge in [0.05, 0.1) is 0 Å². The van der Waals surface area contributed by atoms with Crippen LogP contribution < -0.4 is 118 Å². The van der Waals surface area contributed by atoms with Crippen LogP contribution in [0.1, 0.15) is 12.6 Å². The van der Waals surface area contributed by atoms with Crippen LogP contribution in [-0.4, -0.2) is 126 Å². The number of hydrogen-bond acceptors (Lipinski definition) is 15. The quantitative estimate of drug-likeness (QED) is 0.0747. The number of alkyl halides is 1. The van der Waals surface area contributed by atoms with Gasteiger partial charge in [-0.1, -0.05) is 23.2 Å². The Labute approximate surface area is 507 Å². The van der Waals surface area contributed by atoms with Crippen molar-refractivity contribution in [1.29, 1.82) is 0 Å². The first-order valence-electron chi connectivity index (χ1n) is 20.8. The number of nitrogens with one attached hydrogen (secondary N) is 1. The van der Waals surface area contributed by atoms with E-state index in [0.29, 0.717) is 18.7 Å². The molecule has 0 unspecified atom stereocenters. The molecule has 0 aliphatic carbocycles. The molecule has 2 aromatic carbocycles. The minimum absolute atomic E-state index is 0. The second-order valence-corrected chi connectivity index (χ2v) is 17.8. The van der Waals surface area contributed by atoms with Gasteiger partial charge < -0.3 is 31.2 Å². The number of piperazine rings is 2. The van der Waals surface area contributed by atoms with Gasteiger partial charge in [0.25, 0.3) is 6.47 Å². The van der Waals surface area contributed by atoms with Gasteiger partial charge in [-0.25, -0.2) is 24.6 Å². The van der Waals surface area contributed by atoms with Crippen molar-refractivity contribution in [3.8, 4) is 21.4 Å². The van der Waals surface area contributed by atoms with Gasteiger partial charge in [-0.3, -0.25) is 19.5 Å². The van der Waals surface area contributed by atoms with Crippen molar-refractivity contribution < 1.29 is 129 Å². The fraction of sp³-hybridized carbons (Fsp3) is 0.267. The van der Waals surface area contributed by atoms with Crippen molar-refractivity contribution >= 4 is 109 Å². The minimum atomic E-state index is -0.181. The van der Waals surface area contributed by atoms with E-state index >= 15 is 0 Å². The predicted molar refractivity (Wildman–Crippen MR) is 263 cm³/mol. The maximum atomic E-state index is 13.0. The van der Waals surface area contributed by atoms with E-state index in [1.165, 1.54) is 11.3 Å². The average molecular weight is 1080 g/mol. The Morgan fingerprint density at radius 3 is 1.77 bits per heavy atom. The standard InChI is InChI=1S/C22H21ClN6OS.C13H16Cl2N2O.C9H6N4S.CH2O3.2K.H/c1-15-13-16(4-5-18(15)23)27-8-10-28(11-9-27)19(30)14-29-21-17(3-2-6-24-21)20(26-29)22-25-7-12-31-22;1-10-8-11(2-3-12(10)15)16-4-6-17(7-5-16)13(18)9-14;1-2-6-7(9-11-4-5-14-9)12-13-8(6)10-3-1;2-1-4-3;;;/h2-7,12-13H,8-11,14H2,1H3;2-3,8H,4-7,9H2,1H3;1-5H,(H,10,12,13);1,3H;;;/q;;;;2*+1;-1/p-1. The molecule has 10 rings (SSSR count). The Balaban J connectivity index is 0.000000233. The SMILES string of the molecule is Cc1cc(N2CCN(C(=O)CCl)CC2)ccc1Cl.Cc1cc(N2CCN(C(=O)Cn3nc(-c4nccs4)c4cccnc43)CC2)ccc1Cl.O=CO[O-].[H-].[K+].[K+].c1cnc2n[nH]c(-c3nccs3)c2c1. The van der Waals surface area contributed by atoms with Crippen molar-refractivity contribution in [3.63, 3.8) is 0 Å². The van der Waals surface area contributed by atoms with Crippen LogP contribution in [0.15, 0.2) is 96.2 Å². The zero-order valence-corrected chi connectivity index (χ0v) is 48.4. The van der Waals surface area contributed by atoms with Crippen LogP contribution in [0.2, 0.25) is 10.0 Å². The summed E-state index contributed by atoms with van der Waals surface area (Å²) < 4.78 is 1.70. The number of carbonyl (C=O) groups is 3. The maximum Gasteiger partial charge on any atom is 1.00 e. The molecule has 69 heavy (non-hydrogen) atoms. The molecule has 0 bridgehead atoms. The number of carbonyl (C=O) groups excluding carboxylic acids is 3. The first-order chi connectivity index (χ1) is 32.6. The second kappa shape index (κ2) is 28.3. The molecule has 1 N–H and O–H groups in total. The van der Waals surface area contributed by atoms with Gasteiger partial charge in [0.15, 0.2) is 11.3 Å². The molecule has 2 amide bonds. The van der Waals surface area contributed by atoms with Crippen molar-refractivity contribution in [3.05, 3.63) is 117 Å². The van der Waals surface area contributed by atoms with Gasteiger partial charge in [0.1, 0.15) is 33.8 Å². The van der Waals surface area contributed by atoms with E-state index in [9.17, 15) is 9.59 Å². The number of aromatic nitrogens is 8. The predicted octanol–water partition coefficient (Wildman–Crippen LogP) is 1.04. The molecule has 8 aromatic rings. The Kier molecular flexibility index (Phi) is 23.4. The average Bonchev–Trinajstić information content (AvgIpc) is 4.22. The summed E-state index contributed by atoms with van der Waals surface area (Å²) >= 11 is 20.8. The number of H-pyrrole nitrogens is 1. The fourth-order valence-corrected chi connectivity index (χ4v) is 9.05. The summed E-state index contributed by atoms with van der Waals surface area (Å²) in [7, 11) is 0. The number of hydrogen-bond donors (Lipinski definition) is 1. The van der Waals surface area contributed by atoms with E-state index in [1.54, 1.807) is 40.8 Å². The molecular weight excluding hydrogens is 1040 g/mol. The Morgan fingerprint density at radius 1 is 0.739 bits per heavy atom. The molecule has 2 aliphatic rings. The maximum absolute atomic E-state index is 13.0. The Hall–Kier alpha value is -2.95. The van der Waals surface area contributed by atoms with Gasteiger partial charge in [-0.05, 0) is 85.6 Å². The molecule has 0 saturated carbocycles. The number of pyridine rings is 2. The van der Waals surface area contributed by atoms with Gasteiger partial charge in [0, 0.05) is 120 Å². The van der Waals surface area contributed by atoms with Crippen LogP contribution >= 0.6 is 57.5 Å². The number of thiazole rings is 2. The summed E-state index contributed by atoms with van der Waals surface area (Å²) in [6, 6.07) is 19.8. The normalized spacial score (nSPS) is 13.1. The largest absolute Gasteiger partial charge is 1.00 e. The number of aromatic amines is 1. The third kappa shape index (κ3) is 15.1. The summed E-state index contributed by atoms with van der Waals surface area (Å²) in [4.78, 5) is 61.2. The molecule has 6 aromatic heterocycles. The van der Waals surface area contributed by atoms with Gasteiger partial charge >= 0.3 is 103 Å². The number of anilines is 2. The molecule has 2 aliphatic heterocycles. The van der Waals surface area contributed by atoms with E-state index in [0.717, 1.165) is 110 Å². The van der Waals surface area contributed by atoms with E-state index in [1.807, 2.05) is 82.9 Å². The number of amides is 2. The summed E-state index contributed by atoms with van der Waals surface area (Å²) in [5.74, 6) is 0.135. The second-order valence-electron chi connectivity index (χ2n) is 15.0. The molecule has 2 fully saturated rings. The van der Waals surface area contributed by atoms with E-state index in [4.69, 9.17) is 44.9 Å². The third-order valence-electron chi connectivity index (χ3n) is 10.8. The van der Waals surface area contributed by atoms with Gasteiger partial charge in [-0.15, -0.1) is 34.3 Å². The number of aryl methyl sites for hydroxylation is 2. The molecule has 17 nitrogen and oxygen atoms in total. The van der Waals surface area contributed by atoms with Gasteiger partial charge in [-0.2, -0.15) is 10.2 Å². The van der Waals surface area contributed by atoms with Crippen LogP contribution in [0.25, 0.3) is 43.5 Å². The first kappa shape index (κ1) is 57.0. The fourth-order valence-electron chi connectivity index (χ4n) is 7.37. The Morgan fingerprint density at radius 2 is 1.26 bits per heavy atom. The Bertz CT molecular complexity index is 2900. The summed E-state index contributed by atoms with van der Waals surface area (Å²) in [6.07, 6.45) is 7.00. The molecule has 0 spiro atoms. The molecule has 0 atom stereocenters. The van der Waals surface area contributed by atoms with Crippen LogP contribution in [0.3, 0.4) is 0 Å². The van der Waals surface area contributed by atoms with E-state index < -0.39 is 0 Å². The van der Waals surface area contributed by atoms with E-state index in [-0.39, 0.29) is 135 Å². The third-order valence-corrected chi connectivity index (χ3v) is 13.5. The first-order valence-corrected chi connectivity index (χ1v) is 23.9. The summed E-state index contributed by atoms with van der Waals surface area (Å²) in [5.41, 5.74) is 7.60. The molecule has 24 heteroatoms. The molecule has 8 heterocycles. The zero-order chi connectivity index (χ0) is 47.3. The smallest absolute Gasteiger partial charge is 1.00 e. The van der Waals surface area contributed by atoms with Crippen LogP contribution in [0, 0.1) is 13.8 Å². The monoisotopic (exact) mass is 1080 g/mol. The minimum Gasteiger partial charge on any atom is -1.00 e. The van der Waals surface area contributed by atoms with Crippen molar-refractivity contribution in [2.45, 2.75) is 20.4 Å². The van der Waals surface area contributed by atoms with Crippen LogP contribution in [0.5, 0.6) is 0 Å². The summed E-state index contributed by atoms with van der Waals surface area (Å²) in [5, 5.41) is 29.3. The molecule has 0 radical (unpaired) electrons. The molecule has 350 valence electrons. The molecule has 2 saturated heterocycles. The topological polar surface area (TPSA) is 195 Å². The van der Waals surface area contributed by atoms with Crippen LogP contribution in [0.4, 0.5) is 11.4 Å². The van der Waals surface area contributed by atoms with Crippen molar-refractivity contribution in [1.82, 2.24) is 49.7 Å². The zero-order valence-electron chi connectivity index (χ0n) is 39.3. The number of rotatable bonds is 8. The van der Waals surface area contributed by atoms with Crippen LogP contribution in [-0.2, 0) is 25.8 Å².